The molecule has 0 saturated carbocycles. The Labute approximate surface area is 108 Å². The van der Waals surface area contributed by atoms with E-state index in [2.05, 4.69) is 17.4 Å². The average molecular weight is 248 g/mol. The first-order valence-corrected chi connectivity index (χ1v) is 6.28. The predicted octanol–water partition coefficient (Wildman–Crippen LogP) is 0.635. The maximum atomic E-state index is 11.8. The van der Waals surface area contributed by atoms with Crippen LogP contribution in [0.3, 0.4) is 0 Å². The normalized spacial score (nSPS) is 22.5. The summed E-state index contributed by atoms with van der Waals surface area (Å²) in [6.07, 6.45) is 2.31. The van der Waals surface area contributed by atoms with Gasteiger partial charge in [-0.2, -0.15) is 0 Å². The van der Waals surface area contributed by atoms with Crippen molar-refractivity contribution >= 4 is 5.91 Å². The van der Waals surface area contributed by atoms with Crippen LogP contribution < -0.4 is 11.1 Å². The Balaban J connectivity index is 2.16. The summed E-state index contributed by atoms with van der Waals surface area (Å²) in [7, 11) is 1.65. The lowest BCUT2D eigenvalue weighted by molar-refractivity contribution is -0.125. The average Bonchev–Trinajstić information content (AvgIpc) is 2.38. The van der Waals surface area contributed by atoms with E-state index >= 15 is 0 Å². The van der Waals surface area contributed by atoms with E-state index < -0.39 is 5.54 Å². The predicted molar refractivity (Wildman–Crippen MR) is 70.3 cm³/mol. The van der Waals surface area contributed by atoms with E-state index in [1.807, 2.05) is 12.1 Å². The van der Waals surface area contributed by atoms with E-state index in [4.69, 9.17) is 10.5 Å². The van der Waals surface area contributed by atoms with Crippen LogP contribution in [0.4, 0.5) is 0 Å². The van der Waals surface area contributed by atoms with Crippen molar-refractivity contribution in [3.05, 3.63) is 35.4 Å². The third-order valence-corrected chi connectivity index (χ3v) is 3.67. The molecule has 1 unspecified atom stereocenters. The highest BCUT2D eigenvalue weighted by Gasteiger charge is 2.39. The van der Waals surface area contributed by atoms with Gasteiger partial charge in [0.15, 0.2) is 0 Å². The van der Waals surface area contributed by atoms with E-state index in [-0.39, 0.29) is 5.91 Å². The molecule has 1 aliphatic carbocycles. The second-order valence-corrected chi connectivity index (χ2v) is 4.81. The fourth-order valence-electron chi connectivity index (χ4n) is 2.58. The smallest absolute Gasteiger partial charge is 0.238 e. The molecule has 4 heteroatoms. The molecule has 0 aliphatic heterocycles. The van der Waals surface area contributed by atoms with Crippen molar-refractivity contribution in [2.45, 2.75) is 24.8 Å². The van der Waals surface area contributed by atoms with Gasteiger partial charge in [-0.05, 0) is 30.4 Å². The fraction of sp³-hybridized carbons (Fsp3) is 0.500. The Morgan fingerprint density at radius 3 is 2.83 bits per heavy atom. The van der Waals surface area contributed by atoms with E-state index in [9.17, 15) is 4.79 Å². The van der Waals surface area contributed by atoms with Crippen molar-refractivity contribution in [1.82, 2.24) is 5.32 Å². The van der Waals surface area contributed by atoms with Crippen LogP contribution in [0.2, 0.25) is 0 Å². The summed E-state index contributed by atoms with van der Waals surface area (Å²) < 4.78 is 5.01. The number of carbonyl (C=O) groups excluding carboxylic acids is 1. The molecule has 1 aromatic carbocycles. The van der Waals surface area contributed by atoms with E-state index in [0.717, 1.165) is 12.8 Å². The van der Waals surface area contributed by atoms with E-state index in [0.29, 0.717) is 19.6 Å². The van der Waals surface area contributed by atoms with Crippen LogP contribution in [-0.2, 0) is 22.4 Å². The first-order valence-electron chi connectivity index (χ1n) is 6.28. The van der Waals surface area contributed by atoms with Crippen LogP contribution in [0.5, 0.6) is 0 Å². The zero-order valence-electron chi connectivity index (χ0n) is 10.7. The standard InChI is InChI=1S/C14H20N2O2/c1-18-9-8-16-14(13(15)17)7-6-11-4-2-3-5-12(11)10-14/h2-5,16H,6-10H2,1H3,(H2,15,17). The monoisotopic (exact) mass is 248 g/mol. The minimum atomic E-state index is -0.618. The summed E-state index contributed by atoms with van der Waals surface area (Å²) in [4.78, 5) is 11.8. The SMILES string of the molecule is COCCNC1(C(N)=O)CCc2ccccc2C1. The molecule has 0 saturated heterocycles. The fourth-order valence-corrected chi connectivity index (χ4v) is 2.58. The molecule has 0 spiro atoms. The second-order valence-electron chi connectivity index (χ2n) is 4.81. The molecule has 0 bridgehead atoms. The zero-order valence-corrected chi connectivity index (χ0v) is 10.7. The summed E-state index contributed by atoms with van der Waals surface area (Å²) in [6.45, 7) is 1.22. The number of primary amides is 1. The molecular formula is C14H20N2O2. The van der Waals surface area contributed by atoms with E-state index in [1.165, 1.54) is 11.1 Å². The summed E-state index contributed by atoms with van der Waals surface area (Å²) in [6, 6.07) is 8.24. The molecule has 18 heavy (non-hydrogen) atoms. The number of nitrogens with two attached hydrogens (primary N) is 1. The molecule has 0 fully saturated rings. The van der Waals surface area contributed by atoms with Gasteiger partial charge < -0.3 is 15.8 Å². The highest BCUT2D eigenvalue weighted by Crippen LogP contribution is 2.28. The molecule has 1 amide bonds. The van der Waals surface area contributed by atoms with Gasteiger partial charge in [0.2, 0.25) is 5.91 Å². The van der Waals surface area contributed by atoms with Crippen LogP contribution in [0.15, 0.2) is 24.3 Å². The van der Waals surface area contributed by atoms with Crippen molar-refractivity contribution in [2.75, 3.05) is 20.3 Å². The summed E-state index contributed by atoms with van der Waals surface area (Å²) in [5.74, 6) is -0.270. The number of aryl methyl sites for hydroxylation is 1. The van der Waals surface area contributed by atoms with Gasteiger partial charge in [-0.1, -0.05) is 24.3 Å². The molecule has 4 nitrogen and oxygen atoms in total. The minimum Gasteiger partial charge on any atom is -0.383 e. The molecule has 0 aromatic heterocycles. The van der Waals surface area contributed by atoms with Gasteiger partial charge in [0.05, 0.1) is 6.61 Å². The molecule has 2 rings (SSSR count). The van der Waals surface area contributed by atoms with Gasteiger partial charge in [-0.3, -0.25) is 4.79 Å². The van der Waals surface area contributed by atoms with Crippen molar-refractivity contribution in [2.24, 2.45) is 5.73 Å². The van der Waals surface area contributed by atoms with Gasteiger partial charge >= 0.3 is 0 Å². The zero-order chi connectivity index (χ0) is 13.0. The molecular weight excluding hydrogens is 228 g/mol. The maximum absolute atomic E-state index is 11.8. The van der Waals surface area contributed by atoms with Crippen molar-refractivity contribution in [3.8, 4) is 0 Å². The van der Waals surface area contributed by atoms with Gasteiger partial charge in [0.1, 0.15) is 5.54 Å². The number of ether oxygens (including phenoxy) is 1. The lowest BCUT2D eigenvalue weighted by Crippen LogP contribution is -2.59. The topological polar surface area (TPSA) is 64.3 Å². The Bertz CT molecular complexity index is 434. The number of hydrogen-bond acceptors (Lipinski definition) is 3. The van der Waals surface area contributed by atoms with Crippen molar-refractivity contribution in [1.29, 1.82) is 0 Å². The number of hydrogen-bond donors (Lipinski definition) is 2. The highest BCUT2D eigenvalue weighted by atomic mass is 16.5. The third kappa shape index (κ3) is 2.54. The summed E-state index contributed by atoms with van der Waals surface area (Å²) >= 11 is 0. The van der Waals surface area contributed by atoms with Gasteiger partial charge in [0, 0.05) is 13.7 Å². The number of amides is 1. The Morgan fingerprint density at radius 1 is 1.44 bits per heavy atom. The number of fused-ring (bicyclic) bond motifs is 1. The Hall–Kier alpha value is -1.39. The van der Waals surface area contributed by atoms with Crippen LogP contribution in [0.1, 0.15) is 17.5 Å². The van der Waals surface area contributed by atoms with Crippen LogP contribution in [0.25, 0.3) is 0 Å². The molecule has 1 aliphatic rings. The first-order chi connectivity index (χ1) is 8.68. The number of carbonyl (C=O) groups is 1. The molecule has 0 heterocycles. The van der Waals surface area contributed by atoms with Crippen molar-refractivity contribution in [3.63, 3.8) is 0 Å². The van der Waals surface area contributed by atoms with Crippen LogP contribution in [-0.4, -0.2) is 31.7 Å². The molecule has 3 N–H and O–H groups in total. The van der Waals surface area contributed by atoms with Crippen LogP contribution >= 0.6 is 0 Å². The lowest BCUT2D eigenvalue weighted by atomic mass is 9.77. The number of benzene rings is 1. The largest absolute Gasteiger partial charge is 0.383 e. The number of methoxy groups -OCH3 is 1. The van der Waals surface area contributed by atoms with Crippen molar-refractivity contribution < 1.29 is 9.53 Å². The summed E-state index contributed by atoms with van der Waals surface area (Å²) in [5.41, 5.74) is 7.52. The molecule has 0 radical (unpaired) electrons. The first kappa shape index (κ1) is 13.1. The Morgan fingerprint density at radius 2 is 2.17 bits per heavy atom. The molecule has 1 atom stereocenters. The minimum absolute atomic E-state index is 0.270. The summed E-state index contributed by atoms with van der Waals surface area (Å²) in [5, 5.41) is 3.28. The molecule has 1 aromatic rings. The maximum Gasteiger partial charge on any atom is 0.238 e. The molecule has 98 valence electrons. The van der Waals surface area contributed by atoms with E-state index in [1.54, 1.807) is 7.11 Å². The van der Waals surface area contributed by atoms with Gasteiger partial charge in [-0.25, -0.2) is 0 Å². The third-order valence-electron chi connectivity index (χ3n) is 3.67. The van der Waals surface area contributed by atoms with Gasteiger partial charge in [0.25, 0.3) is 0 Å². The number of nitrogens with one attached hydrogen (secondary N) is 1. The van der Waals surface area contributed by atoms with Crippen LogP contribution in [0, 0.1) is 0 Å². The highest BCUT2D eigenvalue weighted by molar-refractivity contribution is 5.85. The van der Waals surface area contributed by atoms with Gasteiger partial charge in [-0.15, -0.1) is 0 Å². The quantitative estimate of drug-likeness (QED) is 0.751. The second kappa shape index (κ2) is 5.50. The number of rotatable bonds is 5. The Kier molecular flexibility index (Phi) is 3.99. The lowest BCUT2D eigenvalue weighted by Gasteiger charge is -2.36.